The van der Waals surface area contributed by atoms with Gasteiger partial charge in [0.25, 0.3) is 0 Å². The average Bonchev–Trinajstić information content (AvgIpc) is 2.74. The van der Waals surface area contributed by atoms with Crippen LogP contribution in [0.2, 0.25) is 0 Å². The molecule has 0 aliphatic rings. The van der Waals surface area contributed by atoms with E-state index < -0.39 is 0 Å². The van der Waals surface area contributed by atoms with Crippen LogP contribution in [-0.2, 0) is 11.2 Å². The van der Waals surface area contributed by atoms with Gasteiger partial charge in [0.2, 0.25) is 5.91 Å². The summed E-state index contributed by atoms with van der Waals surface area (Å²) in [7, 11) is 1.66. The van der Waals surface area contributed by atoms with E-state index in [0.29, 0.717) is 6.54 Å². The Kier molecular flexibility index (Phi) is 6.94. The number of benzene rings is 3. The van der Waals surface area contributed by atoms with Crippen LogP contribution in [0, 0.1) is 0 Å². The van der Waals surface area contributed by atoms with Crippen molar-refractivity contribution in [3.63, 3.8) is 0 Å². The molecule has 0 unspecified atom stereocenters. The van der Waals surface area contributed by atoms with Crippen LogP contribution in [0.5, 0.6) is 5.75 Å². The van der Waals surface area contributed by atoms with Gasteiger partial charge in [-0.3, -0.25) is 4.79 Å². The highest BCUT2D eigenvalue weighted by atomic mass is 32.2. The van der Waals surface area contributed by atoms with Crippen molar-refractivity contribution in [2.75, 3.05) is 13.7 Å². The van der Waals surface area contributed by atoms with E-state index in [1.807, 2.05) is 84.9 Å². The largest absolute Gasteiger partial charge is 0.497 e. The highest BCUT2D eigenvalue weighted by Gasteiger charge is 2.21. The summed E-state index contributed by atoms with van der Waals surface area (Å²) in [6, 6.07) is 27.9. The number of carbonyl (C=O) groups is 1. The molecule has 1 N–H and O–H groups in total. The molecule has 27 heavy (non-hydrogen) atoms. The number of carbonyl (C=O) groups excluding carboxylic acids is 1. The average molecular weight is 378 g/mol. The van der Waals surface area contributed by atoms with Crippen molar-refractivity contribution in [2.24, 2.45) is 0 Å². The second kappa shape index (κ2) is 9.83. The molecule has 0 radical (unpaired) electrons. The van der Waals surface area contributed by atoms with Crippen molar-refractivity contribution in [3.8, 4) is 5.75 Å². The summed E-state index contributed by atoms with van der Waals surface area (Å²) >= 11 is 1.57. The van der Waals surface area contributed by atoms with Crippen molar-refractivity contribution < 1.29 is 9.53 Å². The minimum atomic E-state index is -0.274. The summed E-state index contributed by atoms with van der Waals surface area (Å²) in [5.41, 5.74) is 2.18. The molecule has 4 heteroatoms. The van der Waals surface area contributed by atoms with Crippen LogP contribution in [0.15, 0.2) is 89.8 Å². The maximum atomic E-state index is 12.9. The van der Waals surface area contributed by atoms with Gasteiger partial charge < -0.3 is 10.1 Å². The molecule has 3 aromatic carbocycles. The summed E-state index contributed by atoms with van der Waals surface area (Å²) in [6.07, 6.45) is 0.785. The molecule has 138 valence electrons. The number of ether oxygens (including phenoxy) is 1. The minimum Gasteiger partial charge on any atom is -0.497 e. The molecular weight excluding hydrogens is 354 g/mol. The molecule has 3 rings (SSSR count). The molecular formula is C23H23NO2S. The third-order valence-electron chi connectivity index (χ3n) is 4.21. The van der Waals surface area contributed by atoms with Crippen molar-refractivity contribution in [1.82, 2.24) is 5.32 Å². The highest BCUT2D eigenvalue weighted by Crippen LogP contribution is 2.35. The Bertz CT molecular complexity index is 835. The van der Waals surface area contributed by atoms with E-state index >= 15 is 0 Å². The van der Waals surface area contributed by atoms with E-state index in [1.54, 1.807) is 18.9 Å². The number of thioether (sulfide) groups is 1. The molecule has 0 aliphatic heterocycles. The Hall–Kier alpha value is -2.72. The van der Waals surface area contributed by atoms with Crippen molar-refractivity contribution in [2.45, 2.75) is 16.6 Å². The quantitative estimate of drug-likeness (QED) is 0.568. The van der Waals surface area contributed by atoms with Crippen LogP contribution in [-0.4, -0.2) is 19.6 Å². The van der Waals surface area contributed by atoms with Crippen LogP contribution >= 0.6 is 11.8 Å². The molecule has 1 amide bonds. The van der Waals surface area contributed by atoms with E-state index in [-0.39, 0.29) is 11.2 Å². The minimum absolute atomic E-state index is 0.0311. The summed E-state index contributed by atoms with van der Waals surface area (Å²) in [6.45, 7) is 0.601. The number of methoxy groups -OCH3 is 1. The van der Waals surface area contributed by atoms with Crippen LogP contribution in [0.4, 0.5) is 0 Å². The molecule has 0 saturated carbocycles. The van der Waals surface area contributed by atoms with Gasteiger partial charge >= 0.3 is 0 Å². The van der Waals surface area contributed by atoms with Crippen molar-refractivity contribution in [3.05, 3.63) is 96.1 Å². The Morgan fingerprint density at radius 2 is 1.56 bits per heavy atom. The first-order chi connectivity index (χ1) is 13.3. The normalized spacial score (nSPS) is 11.6. The van der Waals surface area contributed by atoms with Crippen LogP contribution in [0.25, 0.3) is 0 Å². The van der Waals surface area contributed by atoms with Gasteiger partial charge in [-0.15, -0.1) is 11.8 Å². The summed E-state index contributed by atoms with van der Waals surface area (Å²) in [4.78, 5) is 14.0. The summed E-state index contributed by atoms with van der Waals surface area (Å²) in [5, 5.41) is 2.81. The number of hydrogen-bond donors (Lipinski definition) is 1. The Balaban J connectivity index is 1.63. The second-order valence-corrected chi connectivity index (χ2v) is 7.29. The first kappa shape index (κ1) is 19.1. The number of amides is 1. The van der Waals surface area contributed by atoms with Gasteiger partial charge in [0.15, 0.2) is 0 Å². The maximum absolute atomic E-state index is 12.9. The zero-order valence-electron chi connectivity index (χ0n) is 15.3. The Morgan fingerprint density at radius 1 is 0.926 bits per heavy atom. The van der Waals surface area contributed by atoms with Crippen molar-refractivity contribution in [1.29, 1.82) is 0 Å². The predicted molar refractivity (Wildman–Crippen MR) is 111 cm³/mol. The summed E-state index contributed by atoms with van der Waals surface area (Å²) in [5.74, 6) is 0.870. The SMILES string of the molecule is COc1ccc(CCNC(=O)[C@@H](Sc2ccccc2)c2ccccc2)cc1. The molecule has 0 heterocycles. The van der Waals surface area contributed by atoms with Gasteiger partial charge in [0.05, 0.1) is 7.11 Å². The molecule has 0 fully saturated rings. The molecule has 3 nitrogen and oxygen atoms in total. The van der Waals surface area contributed by atoms with E-state index in [1.165, 1.54) is 5.56 Å². The zero-order chi connectivity index (χ0) is 18.9. The van der Waals surface area contributed by atoms with Gasteiger partial charge in [-0.05, 0) is 41.8 Å². The predicted octanol–water partition coefficient (Wildman–Crippen LogP) is 4.89. The number of rotatable bonds is 8. The smallest absolute Gasteiger partial charge is 0.238 e. The second-order valence-electron chi connectivity index (χ2n) is 6.11. The number of nitrogens with one attached hydrogen (secondary N) is 1. The standard InChI is InChI=1S/C23H23NO2S/c1-26-20-14-12-18(13-15-20)16-17-24-23(25)22(19-8-4-2-5-9-19)27-21-10-6-3-7-11-21/h2-15,22H,16-17H2,1H3,(H,24,25)/t22-/m0/s1. The van der Waals surface area contributed by atoms with Gasteiger partial charge in [-0.2, -0.15) is 0 Å². The fraction of sp³-hybridized carbons (Fsp3) is 0.174. The molecule has 0 spiro atoms. The van der Waals surface area contributed by atoms with Crippen LogP contribution in [0.3, 0.4) is 0 Å². The lowest BCUT2D eigenvalue weighted by Crippen LogP contribution is -2.29. The molecule has 0 aromatic heterocycles. The lowest BCUT2D eigenvalue weighted by Gasteiger charge is -2.17. The van der Waals surface area contributed by atoms with E-state index in [4.69, 9.17) is 4.74 Å². The van der Waals surface area contributed by atoms with Gasteiger partial charge in [0.1, 0.15) is 11.0 Å². The van der Waals surface area contributed by atoms with E-state index in [2.05, 4.69) is 5.32 Å². The fourth-order valence-corrected chi connectivity index (χ4v) is 3.82. The number of hydrogen-bond acceptors (Lipinski definition) is 3. The third kappa shape index (κ3) is 5.63. The van der Waals surface area contributed by atoms with Gasteiger partial charge in [-0.1, -0.05) is 60.7 Å². The fourth-order valence-electron chi connectivity index (χ4n) is 2.75. The highest BCUT2D eigenvalue weighted by molar-refractivity contribution is 8.00. The maximum Gasteiger partial charge on any atom is 0.238 e. The topological polar surface area (TPSA) is 38.3 Å². The van der Waals surface area contributed by atoms with E-state index in [9.17, 15) is 4.79 Å². The molecule has 1 atom stereocenters. The van der Waals surface area contributed by atoms with Gasteiger partial charge in [-0.25, -0.2) is 0 Å². The van der Waals surface area contributed by atoms with Crippen LogP contribution < -0.4 is 10.1 Å². The molecule has 0 aliphatic carbocycles. The molecule has 0 saturated heterocycles. The third-order valence-corrected chi connectivity index (χ3v) is 5.48. The Labute approximate surface area is 164 Å². The van der Waals surface area contributed by atoms with Gasteiger partial charge in [0, 0.05) is 11.4 Å². The molecule has 0 bridgehead atoms. The van der Waals surface area contributed by atoms with Crippen LogP contribution in [0.1, 0.15) is 16.4 Å². The zero-order valence-corrected chi connectivity index (χ0v) is 16.1. The first-order valence-electron chi connectivity index (χ1n) is 8.93. The van der Waals surface area contributed by atoms with E-state index in [0.717, 1.165) is 22.6 Å². The first-order valence-corrected chi connectivity index (χ1v) is 9.81. The lowest BCUT2D eigenvalue weighted by molar-refractivity contribution is -0.120. The lowest BCUT2D eigenvalue weighted by atomic mass is 10.1. The monoisotopic (exact) mass is 377 g/mol. The summed E-state index contributed by atoms with van der Waals surface area (Å²) < 4.78 is 5.18. The Morgan fingerprint density at radius 3 is 2.19 bits per heavy atom. The molecule has 3 aromatic rings. The van der Waals surface area contributed by atoms with Crippen molar-refractivity contribution >= 4 is 17.7 Å².